The fraction of sp³-hybridized carbons (Fsp3) is 0.789. The maximum atomic E-state index is 5.81. The summed E-state index contributed by atoms with van der Waals surface area (Å²) < 4.78 is 5.81. The monoisotopic (exact) mass is 334 g/mol. The minimum atomic E-state index is -0.0180. The van der Waals surface area contributed by atoms with Crippen LogP contribution in [0.2, 0.25) is 0 Å². The molecular formula is C19H34N4O. The number of rotatable bonds is 5. The minimum absolute atomic E-state index is 0.0180. The van der Waals surface area contributed by atoms with Crippen molar-refractivity contribution < 1.29 is 4.42 Å². The average Bonchev–Trinajstić information content (AvgIpc) is 3.01. The molecule has 0 unspecified atom stereocenters. The summed E-state index contributed by atoms with van der Waals surface area (Å²) in [5.41, 5.74) is -0.0180. The Morgan fingerprint density at radius 1 is 1.25 bits per heavy atom. The fourth-order valence-electron chi connectivity index (χ4n) is 2.99. The van der Waals surface area contributed by atoms with Crippen LogP contribution in [0.1, 0.15) is 72.0 Å². The van der Waals surface area contributed by atoms with Gasteiger partial charge in [-0.1, -0.05) is 40.5 Å². The largest absolute Gasteiger partial charge is 0.443 e. The van der Waals surface area contributed by atoms with E-state index in [-0.39, 0.29) is 5.41 Å². The van der Waals surface area contributed by atoms with Gasteiger partial charge in [-0.3, -0.25) is 0 Å². The highest BCUT2D eigenvalue weighted by molar-refractivity contribution is 5.79. The number of oxazole rings is 1. The van der Waals surface area contributed by atoms with Gasteiger partial charge in [-0.2, -0.15) is 0 Å². The smallest absolute Gasteiger partial charge is 0.216 e. The van der Waals surface area contributed by atoms with Gasteiger partial charge < -0.3 is 15.1 Å². The predicted molar refractivity (Wildman–Crippen MR) is 99.1 cm³/mol. The topological polar surface area (TPSA) is 62.5 Å². The van der Waals surface area contributed by atoms with Crippen LogP contribution < -0.4 is 10.6 Å². The predicted octanol–water partition coefficient (Wildman–Crippen LogP) is 3.85. The van der Waals surface area contributed by atoms with E-state index in [2.05, 4.69) is 55.2 Å². The SMILES string of the molecule is CCNC(=NCc1ncc(C(C)(C)C)o1)NCC1CCC(C)CC1. The maximum Gasteiger partial charge on any atom is 0.216 e. The average molecular weight is 335 g/mol. The molecule has 1 aromatic rings. The fourth-order valence-corrected chi connectivity index (χ4v) is 2.99. The molecule has 2 rings (SSSR count). The number of aliphatic imine (C=N–C) groups is 1. The van der Waals surface area contributed by atoms with Gasteiger partial charge in [0.2, 0.25) is 5.89 Å². The number of guanidine groups is 1. The van der Waals surface area contributed by atoms with Crippen molar-refractivity contribution in [2.24, 2.45) is 16.8 Å². The molecule has 0 amide bonds. The standard InChI is InChI=1S/C19H34N4O/c1-6-20-18(22-11-15-9-7-14(2)8-10-15)23-13-17-21-12-16(24-17)19(3,4)5/h12,14-15H,6-11,13H2,1-5H3,(H2,20,22,23). The Labute approximate surface area is 146 Å². The molecule has 0 bridgehead atoms. The second-order valence-electron chi connectivity index (χ2n) is 8.07. The summed E-state index contributed by atoms with van der Waals surface area (Å²) in [6.45, 7) is 13.1. The van der Waals surface area contributed by atoms with Gasteiger partial charge in [-0.25, -0.2) is 9.98 Å². The molecule has 5 nitrogen and oxygen atoms in total. The number of nitrogens with one attached hydrogen (secondary N) is 2. The first kappa shape index (κ1) is 18.8. The molecule has 5 heteroatoms. The lowest BCUT2D eigenvalue weighted by Gasteiger charge is -2.26. The van der Waals surface area contributed by atoms with Crippen LogP contribution in [0.5, 0.6) is 0 Å². The van der Waals surface area contributed by atoms with Crippen molar-refractivity contribution in [2.45, 2.75) is 72.3 Å². The van der Waals surface area contributed by atoms with Crippen molar-refractivity contribution in [3.63, 3.8) is 0 Å². The molecule has 1 saturated carbocycles. The zero-order chi connectivity index (χ0) is 17.6. The summed E-state index contributed by atoms with van der Waals surface area (Å²) in [5, 5.41) is 6.79. The lowest BCUT2D eigenvalue weighted by Crippen LogP contribution is -2.40. The summed E-state index contributed by atoms with van der Waals surface area (Å²) in [4.78, 5) is 8.96. The van der Waals surface area contributed by atoms with Gasteiger partial charge in [-0.05, 0) is 31.6 Å². The molecule has 1 aliphatic carbocycles. The van der Waals surface area contributed by atoms with Crippen LogP contribution in [-0.4, -0.2) is 24.0 Å². The van der Waals surface area contributed by atoms with Crippen molar-refractivity contribution in [2.75, 3.05) is 13.1 Å². The molecule has 2 N–H and O–H groups in total. The molecule has 0 aromatic carbocycles. The van der Waals surface area contributed by atoms with Crippen LogP contribution in [0.15, 0.2) is 15.6 Å². The Morgan fingerprint density at radius 2 is 1.96 bits per heavy atom. The van der Waals surface area contributed by atoms with E-state index in [1.807, 2.05) is 6.20 Å². The minimum Gasteiger partial charge on any atom is -0.443 e. The molecular weight excluding hydrogens is 300 g/mol. The number of nitrogens with zero attached hydrogens (tertiary/aromatic N) is 2. The molecule has 1 heterocycles. The molecule has 24 heavy (non-hydrogen) atoms. The van der Waals surface area contributed by atoms with Gasteiger partial charge in [-0.15, -0.1) is 0 Å². The maximum absolute atomic E-state index is 5.81. The third-order valence-electron chi connectivity index (χ3n) is 4.70. The Kier molecular flexibility index (Phi) is 6.69. The Morgan fingerprint density at radius 3 is 2.54 bits per heavy atom. The number of hydrogen-bond acceptors (Lipinski definition) is 3. The van der Waals surface area contributed by atoms with Gasteiger partial charge in [0.15, 0.2) is 5.96 Å². The Hall–Kier alpha value is -1.52. The van der Waals surface area contributed by atoms with E-state index in [0.717, 1.165) is 36.6 Å². The van der Waals surface area contributed by atoms with E-state index in [0.29, 0.717) is 12.4 Å². The van der Waals surface area contributed by atoms with Crippen LogP contribution in [-0.2, 0) is 12.0 Å². The lowest BCUT2D eigenvalue weighted by atomic mass is 9.83. The highest BCUT2D eigenvalue weighted by Gasteiger charge is 2.20. The summed E-state index contributed by atoms with van der Waals surface area (Å²) in [6.07, 6.45) is 7.16. The van der Waals surface area contributed by atoms with Crippen molar-refractivity contribution in [1.29, 1.82) is 0 Å². The lowest BCUT2D eigenvalue weighted by molar-refractivity contribution is 0.289. The van der Waals surface area contributed by atoms with Crippen molar-refractivity contribution in [3.05, 3.63) is 17.8 Å². The number of aromatic nitrogens is 1. The van der Waals surface area contributed by atoms with Crippen molar-refractivity contribution >= 4 is 5.96 Å². The molecule has 0 aliphatic heterocycles. The second kappa shape index (κ2) is 8.54. The zero-order valence-electron chi connectivity index (χ0n) is 16.0. The van der Waals surface area contributed by atoms with E-state index in [9.17, 15) is 0 Å². The normalized spacial score (nSPS) is 22.5. The van der Waals surface area contributed by atoms with E-state index in [1.54, 1.807) is 0 Å². The summed E-state index contributed by atoms with van der Waals surface area (Å²) in [5.74, 6) is 4.08. The van der Waals surface area contributed by atoms with Gasteiger partial charge >= 0.3 is 0 Å². The summed E-state index contributed by atoms with van der Waals surface area (Å²) >= 11 is 0. The first-order valence-electron chi connectivity index (χ1n) is 9.35. The van der Waals surface area contributed by atoms with Gasteiger partial charge in [0.25, 0.3) is 0 Å². The van der Waals surface area contributed by atoms with Gasteiger partial charge in [0, 0.05) is 18.5 Å². The molecule has 1 aromatic heterocycles. The first-order valence-corrected chi connectivity index (χ1v) is 9.35. The van der Waals surface area contributed by atoms with Crippen LogP contribution in [0.4, 0.5) is 0 Å². The van der Waals surface area contributed by atoms with Gasteiger partial charge in [0.05, 0.1) is 6.20 Å². The molecule has 0 spiro atoms. The van der Waals surface area contributed by atoms with Crippen molar-refractivity contribution in [3.8, 4) is 0 Å². The number of hydrogen-bond donors (Lipinski definition) is 2. The molecule has 136 valence electrons. The van der Waals surface area contributed by atoms with E-state index < -0.39 is 0 Å². The van der Waals surface area contributed by atoms with Gasteiger partial charge in [0.1, 0.15) is 12.3 Å². The molecule has 0 radical (unpaired) electrons. The molecule has 0 atom stereocenters. The highest BCUT2D eigenvalue weighted by Crippen LogP contribution is 2.27. The van der Waals surface area contributed by atoms with E-state index in [4.69, 9.17) is 4.42 Å². The summed E-state index contributed by atoms with van der Waals surface area (Å²) in [6, 6.07) is 0. The van der Waals surface area contributed by atoms with Crippen LogP contribution >= 0.6 is 0 Å². The third-order valence-corrected chi connectivity index (χ3v) is 4.70. The Bertz CT molecular complexity index is 522. The summed E-state index contributed by atoms with van der Waals surface area (Å²) in [7, 11) is 0. The van der Waals surface area contributed by atoms with Crippen molar-refractivity contribution in [1.82, 2.24) is 15.6 Å². The van der Waals surface area contributed by atoms with Crippen LogP contribution in [0.25, 0.3) is 0 Å². The van der Waals surface area contributed by atoms with E-state index >= 15 is 0 Å². The quantitative estimate of drug-likeness (QED) is 0.634. The third kappa shape index (κ3) is 5.84. The first-order chi connectivity index (χ1) is 11.4. The van der Waals surface area contributed by atoms with Crippen LogP contribution in [0, 0.1) is 11.8 Å². The molecule has 0 saturated heterocycles. The molecule has 1 fully saturated rings. The Balaban J connectivity index is 1.87. The molecule has 1 aliphatic rings. The van der Waals surface area contributed by atoms with E-state index in [1.165, 1.54) is 25.7 Å². The van der Waals surface area contributed by atoms with Crippen LogP contribution in [0.3, 0.4) is 0 Å². The highest BCUT2D eigenvalue weighted by atomic mass is 16.4. The zero-order valence-corrected chi connectivity index (χ0v) is 16.0. The second-order valence-corrected chi connectivity index (χ2v) is 8.07.